The van der Waals surface area contributed by atoms with Gasteiger partial charge in [-0.05, 0) is 51.5 Å². The number of amides is 1. The number of benzene rings is 1. The molecule has 1 amide bonds. The normalized spacial score (nSPS) is 10.8. The fourth-order valence-electron chi connectivity index (χ4n) is 2.81. The highest BCUT2D eigenvalue weighted by Gasteiger charge is 2.09. The van der Waals surface area contributed by atoms with Crippen LogP contribution in [0.15, 0.2) is 30.3 Å². The van der Waals surface area contributed by atoms with Gasteiger partial charge >= 0.3 is 0 Å². The topological polar surface area (TPSA) is 84.7 Å². The molecule has 1 aromatic carbocycles. The summed E-state index contributed by atoms with van der Waals surface area (Å²) in [6.45, 7) is 8.20. The first kappa shape index (κ1) is 19.5. The van der Waals surface area contributed by atoms with Gasteiger partial charge in [-0.3, -0.25) is 4.79 Å². The van der Waals surface area contributed by atoms with Crippen molar-refractivity contribution in [2.24, 2.45) is 0 Å². The summed E-state index contributed by atoms with van der Waals surface area (Å²) in [5.74, 6) is 1.24. The number of carbonyl (C=O) groups is 1. The van der Waals surface area contributed by atoms with Gasteiger partial charge in [-0.2, -0.15) is 5.10 Å². The number of nitrogens with one attached hydrogen (secondary N) is 2. The van der Waals surface area contributed by atoms with E-state index in [1.54, 1.807) is 23.7 Å². The first-order valence-electron chi connectivity index (χ1n) is 9.01. The maximum absolute atomic E-state index is 13.6. The van der Waals surface area contributed by atoms with E-state index in [-0.39, 0.29) is 11.7 Å². The zero-order valence-corrected chi connectivity index (χ0v) is 16.4. The van der Waals surface area contributed by atoms with Crippen molar-refractivity contribution in [3.63, 3.8) is 0 Å². The van der Waals surface area contributed by atoms with Crippen LogP contribution in [-0.4, -0.2) is 38.7 Å². The van der Waals surface area contributed by atoms with Crippen molar-refractivity contribution in [1.82, 2.24) is 25.1 Å². The van der Waals surface area contributed by atoms with Crippen molar-refractivity contribution in [2.75, 3.05) is 18.4 Å². The maximum atomic E-state index is 13.6. The van der Waals surface area contributed by atoms with E-state index in [2.05, 4.69) is 25.7 Å². The second-order valence-corrected chi connectivity index (χ2v) is 6.64. The number of aryl methyl sites for hydroxylation is 4. The number of rotatable bonds is 6. The lowest BCUT2D eigenvalue weighted by Crippen LogP contribution is -2.29. The number of carbonyl (C=O) groups excluding carboxylic acids is 1. The largest absolute Gasteiger partial charge is 0.368 e. The molecule has 3 rings (SSSR count). The highest BCUT2D eigenvalue weighted by atomic mass is 19.1. The standard InChI is InChI=1S/C20H23FN6O/c1-12-5-6-16(10-17(12)21)20(28)23-8-7-22-18-11-19(25-15(4)24-18)27-14(3)9-13(2)26-27/h5-6,9-11H,7-8H2,1-4H3,(H,23,28)(H,22,24,25). The van der Waals surface area contributed by atoms with Crippen molar-refractivity contribution in [3.8, 4) is 5.82 Å². The van der Waals surface area contributed by atoms with Crippen molar-refractivity contribution in [1.29, 1.82) is 0 Å². The van der Waals surface area contributed by atoms with Crippen LogP contribution in [0.4, 0.5) is 10.2 Å². The monoisotopic (exact) mass is 382 g/mol. The van der Waals surface area contributed by atoms with Gasteiger partial charge < -0.3 is 10.6 Å². The smallest absolute Gasteiger partial charge is 0.251 e. The van der Waals surface area contributed by atoms with Gasteiger partial charge in [0.15, 0.2) is 5.82 Å². The first-order valence-corrected chi connectivity index (χ1v) is 9.01. The molecule has 28 heavy (non-hydrogen) atoms. The number of aromatic nitrogens is 4. The van der Waals surface area contributed by atoms with Crippen LogP contribution in [0.5, 0.6) is 0 Å². The molecule has 146 valence electrons. The Morgan fingerprint density at radius 2 is 1.86 bits per heavy atom. The fourth-order valence-corrected chi connectivity index (χ4v) is 2.81. The molecule has 2 N–H and O–H groups in total. The minimum atomic E-state index is -0.390. The van der Waals surface area contributed by atoms with E-state index in [1.165, 1.54) is 6.07 Å². The SMILES string of the molecule is Cc1cc(C)n(-c2cc(NCCNC(=O)c3ccc(C)c(F)c3)nc(C)n2)n1. The minimum Gasteiger partial charge on any atom is -0.368 e. The summed E-state index contributed by atoms with van der Waals surface area (Å²) < 4.78 is 15.3. The molecule has 7 nitrogen and oxygen atoms in total. The van der Waals surface area contributed by atoms with Crippen molar-refractivity contribution >= 4 is 11.7 Å². The molecule has 2 heterocycles. The second kappa shape index (κ2) is 8.16. The van der Waals surface area contributed by atoms with Gasteiger partial charge in [-0.15, -0.1) is 0 Å². The molecule has 0 saturated carbocycles. The zero-order chi connectivity index (χ0) is 20.3. The minimum absolute atomic E-state index is 0.299. The third-order valence-electron chi connectivity index (χ3n) is 4.20. The molecule has 0 radical (unpaired) electrons. The number of hydrogen-bond acceptors (Lipinski definition) is 5. The molecule has 0 unspecified atom stereocenters. The van der Waals surface area contributed by atoms with Crippen LogP contribution in [0, 0.1) is 33.5 Å². The molecule has 3 aromatic rings. The molecule has 0 atom stereocenters. The highest BCUT2D eigenvalue weighted by molar-refractivity contribution is 5.94. The lowest BCUT2D eigenvalue weighted by Gasteiger charge is -2.10. The van der Waals surface area contributed by atoms with E-state index in [0.29, 0.717) is 41.7 Å². The number of halogens is 1. The molecule has 2 aromatic heterocycles. The van der Waals surface area contributed by atoms with Crippen molar-refractivity contribution < 1.29 is 9.18 Å². The van der Waals surface area contributed by atoms with Crippen molar-refractivity contribution in [2.45, 2.75) is 27.7 Å². The third kappa shape index (κ3) is 4.51. The van der Waals surface area contributed by atoms with Crippen LogP contribution in [0.1, 0.15) is 33.1 Å². The fraction of sp³-hybridized carbons (Fsp3) is 0.300. The van der Waals surface area contributed by atoms with E-state index in [9.17, 15) is 9.18 Å². The number of hydrogen-bond donors (Lipinski definition) is 2. The highest BCUT2D eigenvalue weighted by Crippen LogP contribution is 2.14. The van der Waals surface area contributed by atoms with E-state index in [1.807, 2.05) is 32.9 Å². The summed E-state index contributed by atoms with van der Waals surface area (Å²) in [4.78, 5) is 20.9. The Balaban J connectivity index is 1.59. The number of nitrogens with zero attached hydrogens (tertiary/aromatic N) is 4. The van der Waals surface area contributed by atoms with Gasteiger partial charge in [0.1, 0.15) is 17.5 Å². The second-order valence-electron chi connectivity index (χ2n) is 6.64. The third-order valence-corrected chi connectivity index (χ3v) is 4.20. The summed E-state index contributed by atoms with van der Waals surface area (Å²) in [7, 11) is 0. The molecular weight excluding hydrogens is 359 g/mol. The van der Waals surface area contributed by atoms with Gasteiger partial charge in [0, 0.05) is 30.4 Å². The predicted molar refractivity (Wildman–Crippen MR) is 105 cm³/mol. The molecule has 0 aliphatic rings. The molecule has 0 bridgehead atoms. The van der Waals surface area contributed by atoms with Crippen LogP contribution in [-0.2, 0) is 0 Å². The molecule has 0 spiro atoms. The van der Waals surface area contributed by atoms with E-state index < -0.39 is 0 Å². The van der Waals surface area contributed by atoms with E-state index in [0.717, 1.165) is 11.4 Å². The lowest BCUT2D eigenvalue weighted by atomic mass is 10.1. The van der Waals surface area contributed by atoms with Crippen LogP contribution in [0.25, 0.3) is 5.82 Å². The molecule has 0 saturated heterocycles. The van der Waals surface area contributed by atoms with E-state index >= 15 is 0 Å². The first-order chi connectivity index (χ1) is 13.3. The Labute approximate surface area is 163 Å². The van der Waals surface area contributed by atoms with Gasteiger partial charge in [0.2, 0.25) is 0 Å². The summed E-state index contributed by atoms with van der Waals surface area (Å²) in [5.41, 5.74) is 2.71. The Morgan fingerprint density at radius 1 is 1.07 bits per heavy atom. The molecule has 0 aliphatic heterocycles. The predicted octanol–water partition coefficient (Wildman–Crippen LogP) is 2.88. The van der Waals surface area contributed by atoms with Gasteiger partial charge in [-0.25, -0.2) is 19.0 Å². The Bertz CT molecular complexity index is 1010. The van der Waals surface area contributed by atoms with Crippen LogP contribution in [0.2, 0.25) is 0 Å². The Morgan fingerprint density at radius 3 is 2.54 bits per heavy atom. The molecule has 0 fully saturated rings. The molecule has 8 heteroatoms. The van der Waals surface area contributed by atoms with Crippen LogP contribution < -0.4 is 10.6 Å². The summed E-state index contributed by atoms with van der Waals surface area (Å²) in [6, 6.07) is 8.23. The average molecular weight is 382 g/mol. The van der Waals surface area contributed by atoms with E-state index in [4.69, 9.17) is 0 Å². The van der Waals surface area contributed by atoms with Gasteiger partial charge in [0.25, 0.3) is 5.91 Å². The number of anilines is 1. The Kier molecular flexibility index (Phi) is 5.67. The average Bonchev–Trinajstić information content (AvgIpc) is 2.98. The van der Waals surface area contributed by atoms with Gasteiger partial charge in [0.05, 0.1) is 5.69 Å². The van der Waals surface area contributed by atoms with Crippen molar-refractivity contribution in [3.05, 3.63) is 64.5 Å². The Hall–Kier alpha value is -3.29. The quantitative estimate of drug-likeness (QED) is 0.641. The summed E-state index contributed by atoms with van der Waals surface area (Å²) in [6.07, 6.45) is 0. The lowest BCUT2D eigenvalue weighted by molar-refractivity contribution is 0.0954. The maximum Gasteiger partial charge on any atom is 0.251 e. The summed E-state index contributed by atoms with van der Waals surface area (Å²) >= 11 is 0. The molecule has 0 aliphatic carbocycles. The van der Waals surface area contributed by atoms with Crippen LogP contribution in [0.3, 0.4) is 0 Å². The summed E-state index contributed by atoms with van der Waals surface area (Å²) in [5, 5.41) is 10.4. The van der Waals surface area contributed by atoms with Crippen LogP contribution >= 0.6 is 0 Å². The molecular formula is C20H23FN6O. The van der Waals surface area contributed by atoms with Gasteiger partial charge in [-0.1, -0.05) is 6.07 Å². The zero-order valence-electron chi connectivity index (χ0n) is 16.4.